The molecule has 150 valence electrons. The minimum atomic E-state index is -0.131. The minimum Gasteiger partial charge on any atom is -0.491 e. The quantitative estimate of drug-likeness (QED) is 0.742. The number of ether oxygens (including phenoxy) is 1. The van der Waals surface area contributed by atoms with Crippen LogP contribution < -0.4 is 4.74 Å². The van der Waals surface area contributed by atoms with Gasteiger partial charge >= 0.3 is 0 Å². The molecule has 0 bridgehead atoms. The van der Waals surface area contributed by atoms with Gasteiger partial charge in [-0.15, -0.1) is 11.3 Å². The molecule has 2 aromatic rings. The van der Waals surface area contributed by atoms with Gasteiger partial charge < -0.3 is 14.5 Å². The second-order valence-electron chi connectivity index (χ2n) is 7.27. The number of fused-ring (bicyclic) bond motifs is 1. The number of amides is 2. The summed E-state index contributed by atoms with van der Waals surface area (Å²) in [7, 11) is 0. The molecule has 0 radical (unpaired) electrons. The van der Waals surface area contributed by atoms with Gasteiger partial charge in [0.1, 0.15) is 12.4 Å². The van der Waals surface area contributed by atoms with Crippen LogP contribution in [0.5, 0.6) is 5.75 Å². The smallest absolute Gasteiger partial charge is 0.242 e. The van der Waals surface area contributed by atoms with Crippen LogP contribution in [0.3, 0.4) is 0 Å². The lowest BCUT2D eigenvalue weighted by molar-refractivity contribution is -0.141. The topological polar surface area (TPSA) is 49.9 Å². The van der Waals surface area contributed by atoms with Crippen molar-refractivity contribution in [3.8, 4) is 5.75 Å². The normalized spacial score (nSPS) is 15.9. The standard InChI is InChI=1S/C22H28N2O3S/c1-5-23(17(4)25)13-22(26)24-10-8-21-18(9-11-28-21)19(24)14-27-20-7-6-15(2)12-16(20)3/h6-7,9,11-12,19H,5,8,10,13-14H2,1-4H3/t19-/m1/s1. The van der Waals surface area contributed by atoms with Crippen molar-refractivity contribution in [1.29, 1.82) is 0 Å². The molecule has 1 aromatic carbocycles. The van der Waals surface area contributed by atoms with E-state index < -0.39 is 0 Å². The first kappa shape index (κ1) is 20.4. The number of carbonyl (C=O) groups excluding carboxylic acids is 2. The predicted octanol–water partition coefficient (Wildman–Crippen LogP) is 3.74. The van der Waals surface area contributed by atoms with Gasteiger partial charge in [0.15, 0.2) is 0 Å². The molecule has 0 spiro atoms. The zero-order valence-electron chi connectivity index (χ0n) is 17.0. The highest BCUT2D eigenvalue weighted by atomic mass is 32.1. The first-order valence-corrected chi connectivity index (χ1v) is 10.6. The summed E-state index contributed by atoms with van der Waals surface area (Å²) in [4.78, 5) is 29.5. The lowest BCUT2D eigenvalue weighted by atomic mass is 10.00. The Hall–Kier alpha value is -2.34. The van der Waals surface area contributed by atoms with E-state index in [-0.39, 0.29) is 24.4 Å². The van der Waals surface area contributed by atoms with Crippen molar-refractivity contribution in [2.24, 2.45) is 0 Å². The van der Waals surface area contributed by atoms with Crippen LogP contribution in [0.4, 0.5) is 0 Å². The number of nitrogens with zero attached hydrogens (tertiary/aromatic N) is 2. The van der Waals surface area contributed by atoms with Crippen molar-refractivity contribution in [2.75, 3.05) is 26.2 Å². The molecule has 5 nitrogen and oxygen atoms in total. The van der Waals surface area contributed by atoms with E-state index in [1.54, 1.807) is 16.2 Å². The third-order valence-electron chi connectivity index (χ3n) is 5.30. The van der Waals surface area contributed by atoms with Crippen molar-refractivity contribution < 1.29 is 14.3 Å². The van der Waals surface area contributed by atoms with Crippen molar-refractivity contribution in [3.63, 3.8) is 0 Å². The summed E-state index contributed by atoms with van der Waals surface area (Å²) in [5.74, 6) is 0.745. The molecule has 2 heterocycles. The number of hydrogen-bond acceptors (Lipinski definition) is 4. The molecule has 0 saturated carbocycles. The fourth-order valence-electron chi connectivity index (χ4n) is 3.70. The average molecular weight is 401 g/mol. The fourth-order valence-corrected chi connectivity index (χ4v) is 4.63. The Morgan fingerprint density at radius 1 is 1.29 bits per heavy atom. The Bertz CT molecular complexity index is 861. The summed E-state index contributed by atoms with van der Waals surface area (Å²) < 4.78 is 6.15. The van der Waals surface area contributed by atoms with Crippen LogP contribution in [0, 0.1) is 13.8 Å². The minimum absolute atomic E-state index is 0.0249. The number of rotatable bonds is 6. The maximum Gasteiger partial charge on any atom is 0.242 e. The summed E-state index contributed by atoms with van der Waals surface area (Å²) in [6.07, 6.45) is 0.852. The molecule has 1 aliphatic heterocycles. The van der Waals surface area contributed by atoms with Gasteiger partial charge in [0.2, 0.25) is 11.8 Å². The molecule has 0 fully saturated rings. The molecule has 1 aliphatic rings. The van der Waals surface area contributed by atoms with E-state index in [0.717, 1.165) is 17.7 Å². The molecule has 6 heteroatoms. The molecule has 1 aromatic heterocycles. The largest absolute Gasteiger partial charge is 0.491 e. The molecular weight excluding hydrogens is 372 g/mol. The van der Waals surface area contributed by atoms with E-state index >= 15 is 0 Å². The van der Waals surface area contributed by atoms with E-state index in [4.69, 9.17) is 4.74 Å². The van der Waals surface area contributed by atoms with Crippen LogP contribution in [-0.4, -0.2) is 47.9 Å². The van der Waals surface area contributed by atoms with Crippen molar-refractivity contribution in [3.05, 3.63) is 51.2 Å². The van der Waals surface area contributed by atoms with Gasteiger partial charge in [-0.2, -0.15) is 0 Å². The molecule has 0 N–H and O–H groups in total. The lowest BCUT2D eigenvalue weighted by Gasteiger charge is -2.37. The summed E-state index contributed by atoms with van der Waals surface area (Å²) in [5.41, 5.74) is 3.46. The van der Waals surface area contributed by atoms with Crippen LogP contribution in [0.2, 0.25) is 0 Å². The Morgan fingerprint density at radius 2 is 2.07 bits per heavy atom. The van der Waals surface area contributed by atoms with Gasteiger partial charge in [-0.3, -0.25) is 9.59 Å². The fraction of sp³-hybridized carbons (Fsp3) is 0.455. The molecule has 2 amide bonds. The monoisotopic (exact) mass is 400 g/mol. The zero-order chi connectivity index (χ0) is 20.3. The summed E-state index contributed by atoms with van der Waals surface area (Å²) in [5, 5.41) is 2.08. The third-order valence-corrected chi connectivity index (χ3v) is 6.29. The first-order chi connectivity index (χ1) is 13.4. The van der Waals surface area contributed by atoms with E-state index in [1.165, 1.54) is 22.9 Å². The molecule has 28 heavy (non-hydrogen) atoms. The molecule has 3 rings (SSSR count). The van der Waals surface area contributed by atoms with Crippen LogP contribution in [0.25, 0.3) is 0 Å². The Morgan fingerprint density at radius 3 is 2.75 bits per heavy atom. The van der Waals surface area contributed by atoms with Gasteiger partial charge in [0.25, 0.3) is 0 Å². The van der Waals surface area contributed by atoms with E-state index in [9.17, 15) is 9.59 Å². The highest BCUT2D eigenvalue weighted by Crippen LogP contribution is 2.34. The molecular formula is C22H28N2O3S. The molecule has 1 atom stereocenters. The highest BCUT2D eigenvalue weighted by Gasteiger charge is 2.33. The molecule has 0 aliphatic carbocycles. The zero-order valence-corrected chi connectivity index (χ0v) is 17.8. The van der Waals surface area contributed by atoms with E-state index in [2.05, 4.69) is 24.4 Å². The van der Waals surface area contributed by atoms with Crippen molar-refractivity contribution >= 4 is 23.2 Å². The number of benzene rings is 1. The van der Waals surface area contributed by atoms with Gasteiger partial charge in [0, 0.05) is 24.9 Å². The molecule has 0 saturated heterocycles. The van der Waals surface area contributed by atoms with Crippen molar-refractivity contribution in [2.45, 2.75) is 40.2 Å². The summed E-state index contributed by atoms with van der Waals surface area (Å²) >= 11 is 1.73. The Kier molecular flexibility index (Phi) is 6.39. The number of likely N-dealkylation sites (N-methyl/N-ethyl adjacent to an activating group) is 1. The van der Waals surface area contributed by atoms with E-state index in [1.807, 2.05) is 30.9 Å². The highest BCUT2D eigenvalue weighted by molar-refractivity contribution is 7.10. The number of aryl methyl sites for hydroxylation is 2. The Balaban J connectivity index is 1.79. The van der Waals surface area contributed by atoms with Crippen LogP contribution in [0.1, 0.15) is 41.5 Å². The van der Waals surface area contributed by atoms with Gasteiger partial charge in [-0.25, -0.2) is 0 Å². The summed E-state index contributed by atoms with van der Waals surface area (Å²) in [6.45, 7) is 9.20. The third kappa shape index (κ3) is 4.38. The van der Waals surface area contributed by atoms with Gasteiger partial charge in [-0.05, 0) is 55.8 Å². The van der Waals surface area contributed by atoms with Gasteiger partial charge in [-0.1, -0.05) is 17.7 Å². The predicted molar refractivity (Wildman–Crippen MR) is 112 cm³/mol. The van der Waals surface area contributed by atoms with E-state index in [0.29, 0.717) is 19.7 Å². The second-order valence-corrected chi connectivity index (χ2v) is 8.27. The Labute approximate surface area is 170 Å². The summed E-state index contributed by atoms with van der Waals surface area (Å²) in [6, 6.07) is 8.09. The SMILES string of the molecule is CCN(CC(=O)N1CCc2sccc2[C@H]1COc1ccc(C)cc1C)C(C)=O. The maximum atomic E-state index is 13.0. The number of carbonyl (C=O) groups is 2. The van der Waals surface area contributed by atoms with Crippen LogP contribution in [0.15, 0.2) is 29.6 Å². The maximum absolute atomic E-state index is 13.0. The number of thiophene rings is 1. The van der Waals surface area contributed by atoms with Gasteiger partial charge in [0.05, 0.1) is 12.6 Å². The van der Waals surface area contributed by atoms with Crippen LogP contribution in [-0.2, 0) is 16.0 Å². The molecule has 0 unspecified atom stereocenters. The first-order valence-electron chi connectivity index (χ1n) is 9.72. The van der Waals surface area contributed by atoms with Crippen LogP contribution >= 0.6 is 11.3 Å². The van der Waals surface area contributed by atoms with Crippen molar-refractivity contribution in [1.82, 2.24) is 9.80 Å². The second kappa shape index (κ2) is 8.78. The number of hydrogen-bond donors (Lipinski definition) is 0. The lowest BCUT2D eigenvalue weighted by Crippen LogP contribution is -2.47. The average Bonchev–Trinajstić information content (AvgIpc) is 3.13.